The van der Waals surface area contributed by atoms with Crippen molar-refractivity contribution < 1.29 is 20.1 Å². The first-order chi connectivity index (χ1) is 20.3. The van der Waals surface area contributed by atoms with Crippen LogP contribution in [0.3, 0.4) is 0 Å². The van der Waals surface area contributed by atoms with E-state index in [4.69, 9.17) is 4.98 Å². The number of aromatic nitrogens is 2. The maximum atomic E-state index is 4.70. The third-order valence-electron chi connectivity index (χ3n) is 8.21. The molecule has 1 aliphatic rings. The molecule has 0 N–H and O–H groups in total. The van der Waals surface area contributed by atoms with Gasteiger partial charge in [-0.05, 0) is 58.4 Å². The van der Waals surface area contributed by atoms with E-state index in [1.165, 1.54) is 63.6 Å². The monoisotopic (exact) mass is 719 g/mol. The normalized spacial score (nSPS) is 13.0. The number of benzene rings is 5. The predicted octanol–water partition coefficient (Wildman–Crippen LogP) is 10.2. The molecule has 1 radical (unpaired) electrons. The molecule has 8 rings (SSSR count). The molecule has 207 valence electrons. The number of pyridine rings is 2. The van der Waals surface area contributed by atoms with Crippen molar-refractivity contribution in [1.82, 2.24) is 9.97 Å². The topological polar surface area (TPSA) is 25.8 Å². The van der Waals surface area contributed by atoms with Crippen molar-refractivity contribution in [3.63, 3.8) is 0 Å². The summed E-state index contributed by atoms with van der Waals surface area (Å²) in [5.74, 6) is 0.696. The molecule has 2 heterocycles. The van der Waals surface area contributed by atoms with E-state index in [0.29, 0.717) is 5.92 Å². The molecule has 1 saturated carbocycles. The van der Waals surface area contributed by atoms with Crippen molar-refractivity contribution in [2.75, 3.05) is 0 Å². The second-order valence-corrected chi connectivity index (χ2v) is 10.7. The maximum absolute atomic E-state index is 4.70. The first kappa shape index (κ1) is 28.0. The summed E-state index contributed by atoms with van der Waals surface area (Å²) in [5, 5.41) is 7.73. The predicted molar refractivity (Wildman–Crippen MR) is 171 cm³/mol. The fraction of sp³-hybridized carbons (Fsp3) is 0.128. The van der Waals surface area contributed by atoms with Gasteiger partial charge in [-0.1, -0.05) is 101 Å². The minimum absolute atomic E-state index is 0. The zero-order chi connectivity index (χ0) is 27.4. The Kier molecular flexibility index (Phi) is 8.51. The molecular formula is C39H30IrN2-2. The van der Waals surface area contributed by atoms with E-state index in [0.717, 1.165) is 22.5 Å². The van der Waals surface area contributed by atoms with Crippen LogP contribution in [0.25, 0.3) is 54.8 Å². The van der Waals surface area contributed by atoms with Gasteiger partial charge in [0.25, 0.3) is 0 Å². The van der Waals surface area contributed by atoms with Crippen LogP contribution in [0.4, 0.5) is 0 Å². The van der Waals surface area contributed by atoms with Crippen LogP contribution in [0, 0.1) is 12.1 Å². The number of nitrogens with zero attached hydrogens (tertiary/aromatic N) is 2. The summed E-state index contributed by atoms with van der Waals surface area (Å²) >= 11 is 0. The van der Waals surface area contributed by atoms with Crippen molar-refractivity contribution in [2.24, 2.45) is 0 Å². The fourth-order valence-electron chi connectivity index (χ4n) is 6.17. The summed E-state index contributed by atoms with van der Waals surface area (Å²) in [5.41, 5.74) is 5.56. The van der Waals surface area contributed by atoms with Crippen LogP contribution in [-0.4, -0.2) is 9.97 Å². The van der Waals surface area contributed by atoms with Gasteiger partial charge < -0.3 is 9.97 Å². The van der Waals surface area contributed by atoms with E-state index >= 15 is 0 Å². The minimum Gasteiger partial charge on any atom is -0.305 e. The number of fused-ring (bicyclic) bond motifs is 6. The summed E-state index contributed by atoms with van der Waals surface area (Å²) < 4.78 is 0. The summed E-state index contributed by atoms with van der Waals surface area (Å²) in [4.78, 5) is 8.92. The van der Waals surface area contributed by atoms with Gasteiger partial charge in [-0.15, -0.1) is 59.7 Å². The Balaban J connectivity index is 0.000000205. The van der Waals surface area contributed by atoms with Gasteiger partial charge in [0.15, 0.2) is 0 Å². The second kappa shape index (κ2) is 12.8. The smallest absolute Gasteiger partial charge is 0.0163 e. The second-order valence-electron chi connectivity index (χ2n) is 10.7. The standard InChI is InChI=1S/C28H22N.C11H8N.Ir/c1-2-8-19(7-1)20-15-16-29-28(18-20)21-13-14-26-24-11-4-3-9-22(24)23-10-5-6-12-25(23)27(26)17-21;1-2-6-10(7-3-1)11-8-4-5-9-12-11;/h3-6,9-12,14-19H,1-2,7-8H2;1-6,8-9H;/q2*-1;. The Morgan fingerprint density at radius 3 is 1.83 bits per heavy atom. The third kappa shape index (κ3) is 5.63. The molecule has 0 unspecified atom stereocenters. The fourth-order valence-corrected chi connectivity index (χ4v) is 6.17. The van der Waals surface area contributed by atoms with Gasteiger partial charge in [-0.25, -0.2) is 0 Å². The van der Waals surface area contributed by atoms with Gasteiger partial charge >= 0.3 is 0 Å². The molecule has 0 aliphatic heterocycles. The van der Waals surface area contributed by atoms with Crippen molar-refractivity contribution in [3.05, 3.63) is 145 Å². The molecular weight excluding hydrogens is 689 g/mol. The van der Waals surface area contributed by atoms with E-state index in [1.54, 1.807) is 6.20 Å². The maximum Gasteiger partial charge on any atom is 0.0163 e. The Morgan fingerprint density at radius 1 is 0.524 bits per heavy atom. The van der Waals surface area contributed by atoms with Crippen molar-refractivity contribution in [3.8, 4) is 22.5 Å². The Labute approximate surface area is 260 Å². The van der Waals surface area contributed by atoms with Crippen molar-refractivity contribution in [1.29, 1.82) is 0 Å². The zero-order valence-corrected chi connectivity index (χ0v) is 25.7. The zero-order valence-electron chi connectivity index (χ0n) is 23.3. The first-order valence-electron chi connectivity index (χ1n) is 14.4. The molecule has 0 saturated heterocycles. The summed E-state index contributed by atoms with van der Waals surface area (Å²) in [6, 6.07) is 46.7. The molecule has 0 bridgehead atoms. The number of rotatable bonds is 3. The largest absolute Gasteiger partial charge is 0.305 e. The molecule has 3 heteroatoms. The average molecular weight is 719 g/mol. The van der Waals surface area contributed by atoms with Gasteiger partial charge in [-0.3, -0.25) is 0 Å². The summed E-state index contributed by atoms with van der Waals surface area (Å²) in [6.07, 6.45) is 9.08. The van der Waals surface area contributed by atoms with Crippen LogP contribution in [0.15, 0.2) is 128 Å². The van der Waals surface area contributed by atoms with E-state index in [9.17, 15) is 0 Å². The minimum atomic E-state index is 0. The SMILES string of the molecule is [Ir].[c-]1cc2c3ccccc3c3ccccc3c2cc1-c1cc(C2CCCC2)ccn1.[c-]1ccccc1-c1ccccn1. The molecule has 2 aromatic heterocycles. The Morgan fingerprint density at radius 2 is 1.17 bits per heavy atom. The average Bonchev–Trinajstić information content (AvgIpc) is 3.61. The van der Waals surface area contributed by atoms with Gasteiger partial charge in [-0.2, -0.15) is 0 Å². The molecule has 1 aliphatic carbocycles. The van der Waals surface area contributed by atoms with Gasteiger partial charge in [0.1, 0.15) is 0 Å². The molecule has 0 spiro atoms. The van der Waals surface area contributed by atoms with Crippen LogP contribution < -0.4 is 0 Å². The molecule has 1 fully saturated rings. The summed E-state index contributed by atoms with van der Waals surface area (Å²) in [6.45, 7) is 0. The quantitative estimate of drug-likeness (QED) is 0.134. The molecule has 5 aromatic carbocycles. The molecule has 7 aromatic rings. The van der Waals surface area contributed by atoms with Crippen LogP contribution in [0.1, 0.15) is 37.2 Å². The van der Waals surface area contributed by atoms with Crippen molar-refractivity contribution in [2.45, 2.75) is 31.6 Å². The van der Waals surface area contributed by atoms with E-state index in [2.05, 4.69) is 89.9 Å². The molecule has 42 heavy (non-hydrogen) atoms. The van der Waals surface area contributed by atoms with E-state index in [1.807, 2.05) is 48.7 Å². The Hall–Kier alpha value is -4.17. The molecule has 2 nitrogen and oxygen atoms in total. The van der Waals surface area contributed by atoms with E-state index < -0.39 is 0 Å². The van der Waals surface area contributed by atoms with Crippen LogP contribution in [0.5, 0.6) is 0 Å². The Bertz CT molecular complexity index is 1870. The number of hydrogen-bond acceptors (Lipinski definition) is 2. The van der Waals surface area contributed by atoms with Crippen LogP contribution in [-0.2, 0) is 20.1 Å². The van der Waals surface area contributed by atoms with Crippen LogP contribution >= 0.6 is 0 Å². The van der Waals surface area contributed by atoms with Crippen molar-refractivity contribution >= 4 is 32.3 Å². The van der Waals surface area contributed by atoms with Crippen LogP contribution in [0.2, 0.25) is 0 Å². The molecule has 0 amide bonds. The molecule has 0 atom stereocenters. The third-order valence-corrected chi connectivity index (χ3v) is 8.21. The first-order valence-corrected chi connectivity index (χ1v) is 14.4. The number of hydrogen-bond donors (Lipinski definition) is 0. The summed E-state index contributed by atoms with van der Waals surface area (Å²) in [7, 11) is 0. The van der Waals surface area contributed by atoms with Gasteiger partial charge in [0.05, 0.1) is 0 Å². The van der Waals surface area contributed by atoms with Gasteiger partial charge in [0.2, 0.25) is 0 Å². The van der Waals surface area contributed by atoms with E-state index in [-0.39, 0.29) is 20.1 Å². The van der Waals surface area contributed by atoms with Gasteiger partial charge in [0, 0.05) is 32.5 Å².